The summed E-state index contributed by atoms with van der Waals surface area (Å²) in [4.78, 5) is 4.81. The molecule has 9 heteroatoms. The van der Waals surface area contributed by atoms with Crippen LogP contribution in [0.2, 0.25) is 0 Å². The molecule has 0 unspecified atom stereocenters. The van der Waals surface area contributed by atoms with E-state index in [0.29, 0.717) is 23.1 Å². The third kappa shape index (κ3) is 3.81. The standard InChI is InChI=1S/C24H26N2O7/c1-14(26-31-2)16-5-3-15(4-6-16)9-18-10-19(8-7-17(18)11-25)24-22(30)20(28)21(29)23(12-27,33-24)13-32-24/h3-8,10,20-22,27-30H,9,12-13H2,1-2H3/t20-,21-,22+,23-,24-/m0/s1. The lowest BCUT2D eigenvalue weighted by Crippen LogP contribution is -2.65. The molecule has 2 bridgehead atoms. The maximum Gasteiger partial charge on any atom is 0.225 e. The Morgan fingerprint density at radius 3 is 2.55 bits per heavy atom. The monoisotopic (exact) mass is 454 g/mol. The van der Waals surface area contributed by atoms with Crippen molar-refractivity contribution in [3.05, 3.63) is 70.3 Å². The van der Waals surface area contributed by atoms with Crippen LogP contribution in [0.1, 0.15) is 34.7 Å². The molecular weight excluding hydrogens is 428 g/mol. The largest absolute Gasteiger partial charge is 0.399 e. The van der Waals surface area contributed by atoms with Gasteiger partial charge < -0.3 is 34.7 Å². The summed E-state index contributed by atoms with van der Waals surface area (Å²) < 4.78 is 11.7. The number of hydrogen-bond acceptors (Lipinski definition) is 9. The maximum atomic E-state index is 10.8. The number of rotatable bonds is 6. The van der Waals surface area contributed by atoms with Crippen molar-refractivity contribution in [3.63, 3.8) is 0 Å². The molecule has 2 fully saturated rings. The number of oxime groups is 1. The van der Waals surface area contributed by atoms with Gasteiger partial charge in [0.25, 0.3) is 0 Å². The highest BCUT2D eigenvalue weighted by Crippen LogP contribution is 2.49. The molecule has 2 heterocycles. The van der Waals surface area contributed by atoms with E-state index in [4.69, 9.17) is 14.3 Å². The Kier molecular flexibility index (Phi) is 6.24. The second-order valence-corrected chi connectivity index (χ2v) is 8.38. The molecule has 2 aliphatic heterocycles. The van der Waals surface area contributed by atoms with Gasteiger partial charge in [0, 0.05) is 5.56 Å². The lowest BCUT2D eigenvalue weighted by atomic mass is 9.83. The highest BCUT2D eigenvalue weighted by molar-refractivity contribution is 5.98. The van der Waals surface area contributed by atoms with Crippen molar-refractivity contribution in [2.75, 3.05) is 20.3 Å². The van der Waals surface area contributed by atoms with Crippen LogP contribution < -0.4 is 0 Å². The van der Waals surface area contributed by atoms with Gasteiger partial charge in [-0.3, -0.25) is 0 Å². The van der Waals surface area contributed by atoms with Crippen molar-refractivity contribution in [1.29, 1.82) is 5.26 Å². The molecular formula is C24H26N2O7. The minimum absolute atomic E-state index is 0.210. The first kappa shape index (κ1) is 23.3. The van der Waals surface area contributed by atoms with Crippen LogP contribution in [0, 0.1) is 11.3 Å². The van der Waals surface area contributed by atoms with E-state index >= 15 is 0 Å². The fourth-order valence-corrected chi connectivity index (χ4v) is 4.41. The topological polar surface area (TPSA) is 145 Å². The number of aliphatic hydroxyl groups excluding tert-OH is 4. The van der Waals surface area contributed by atoms with E-state index in [2.05, 4.69) is 11.2 Å². The second kappa shape index (κ2) is 8.83. The number of nitriles is 1. The second-order valence-electron chi connectivity index (χ2n) is 8.38. The summed E-state index contributed by atoms with van der Waals surface area (Å²) in [5, 5.41) is 54.9. The van der Waals surface area contributed by atoms with E-state index < -0.39 is 36.3 Å². The number of benzene rings is 2. The zero-order valence-electron chi connectivity index (χ0n) is 18.3. The summed E-state index contributed by atoms with van der Waals surface area (Å²) in [5.41, 5.74) is 2.51. The van der Waals surface area contributed by atoms with Crippen molar-refractivity contribution >= 4 is 5.71 Å². The van der Waals surface area contributed by atoms with Crippen LogP contribution in [0.15, 0.2) is 47.6 Å². The SMILES string of the molecule is CON=C(C)c1ccc(Cc2cc([C@]34OC[C@](CO)(O3)[C@@H](O)[C@H](O)[C@H]4O)ccc2C#N)cc1. The Morgan fingerprint density at radius 2 is 1.91 bits per heavy atom. The van der Waals surface area contributed by atoms with Gasteiger partial charge in [-0.05, 0) is 42.2 Å². The molecule has 4 N–H and O–H groups in total. The van der Waals surface area contributed by atoms with E-state index in [0.717, 1.165) is 16.8 Å². The molecule has 2 saturated heterocycles. The lowest BCUT2D eigenvalue weighted by Gasteiger charge is -2.46. The van der Waals surface area contributed by atoms with Gasteiger partial charge in [-0.2, -0.15) is 5.26 Å². The fourth-order valence-electron chi connectivity index (χ4n) is 4.41. The van der Waals surface area contributed by atoms with E-state index in [1.807, 2.05) is 31.2 Å². The van der Waals surface area contributed by atoms with Crippen molar-refractivity contribution in [2.24, 2.45) is 5.16 Å². The van der Waals surface area contributed by atoms with Gasteiger partial charge in [-0.1, -0.05) is 35.5 Å². The fraction of sp³-hybridized carbons (Fsp3) is 0.417. The van der Waals surface area contributed by atoms with Crippen LogP contribution in [-0.4, -0.2) is 70.4 Å². The van der Waals surface area contributed by atoms with Gasteiger partial charge in [-0.25, -0.2) is 0 Å². The number of hydrogen-bond donors (Lipinski definition) is 4. The third-order valence-corrected chi connectivity index (χ3v) is 6.35. The first-order chi connectivity index (χ1) is 15.8. The molecule has 2 aliphatic rings. The minimum Gasteiger partial charge on any atom is -0.399 e. The third-order valence-electron chi connectivity index (χ3n) is 6.35. The summed E-state index contributed by atoms with van der Waals surface area (Å²) in [6.07, 6.45) is -4.29. The Morgan fingerprint density at radius 1 is 1.18 bits per heavy atom. The molecule has 9 nitrogen and oxygen atoms in total. The highest BCUT2D eigenvalue weighted by Gasteiger charge is 2.67. The van der Waals surface area contributed by atoms with E-state index in [1.54, 1.807) is 18.2 Å². The van der Waals surface area contributed by atoms with E-state index in [-0.39, 0.29) is 6.61 Å². The van der Waals surface area contributed by atoms with E-state index in [9.17, 15) is 25.7 Å². The maximum absolute atomic E-state index is 10.8. The Bertz CT molecular complexity index is 1100. The summed E-state index contributed by atoms with van der Waals surface area (Å²) in [7, 11) is 1.49. The smallest absolute Gasteiger partial charge is 0.225 e. The van der Waals surface area contributed by atoms with Crippen LogP contribution in [0.25, 0.3) is 0 Å². The van der Waals surface area contributed by atoms with Crippen molar-refractivity contribution < 1.29 is 34.7 Å². The van der Waals surface area contributed by atoms with Crippen LogP contribution in [-0.2, 0) is 26.5 Å². The molecule has 0 saturated carbocycles. The van der Waals surface area contributed by atoms with Crippen LogP contribution in [0.5, 0.6) is 0 Å². The molecule has 0 aliphatic carbocycles. The normalized spacial score (nSPS) is 31.3. The average molecular weight is 454 g/mol. The van der Waals surface area contributed by atoms with Gasteiger partial charge in [-0.15, -0.1) is 0 Å². The molecule has 2 aromatic rings. The van der Waals surface area contributed by atoms with Crippen LogP contribution in [0.4, 0.5) is 0 Å². The minimum atomic E-state index is -1.78. The molecule has 4 rings (SSSR count). The molecule has 33 heavy (non-hydrogen) atoms. The summed E-state index contributed by atoms with van der Waals surface area (Å²) in [6, 6.07) is 14.7. The predicted molar refractivity (Wildman–Crippen MR) is 116 cm³/mol. The zero-order valence-corrected chi connectivity index (χ0v) is 18.3. The van der Waals surface area contributed by atoms with Gasteiger partial charge >= 0.3 is 0 Å². The van der Waals surface area contributed by atoms with Crippen LogP contribution >= 0.6 is 0 Å². The molecule has 5 atom stereocenters. The molecule has 2 aromatic carbocycles. The Hall–Kier alpha value is -2.84. The summed E-state index contributed by atoms with van der Waals surface area (Å²) in [5.74, 6) is -1.78. The number of aliphatic hydroxyl groups is 4. The predicted octanol–water partition coefficient (Wildman–Crippen LogP) is 0.546. The molecule has 0 aromatic heterocycles. The lowest BCUT2D eigenvalue weighted by molar-refractivity contribution is -0.329. The molecule has 0 radical (unpaired) electrons. The first-order valence-corrected chi connectivity index (χ1v) is 10.5. The molecule has 174 valence electrons. The first-order valence-electron chi connectivity index (χ1n) is 10.5. The number of nitrogens with zero attached hydrogens (tertiary/aromatic N) is 2. The number of fused-ring (bicyclic) bond motifs is 2. The summed E-state index contributed by atoms with van der Waals surface area (Å²) >= 11 is 0. The van der Waals surface area contributed by atoms with E-state index in [1.165, 1.54) is 7.11 Å². The van der Waals surface area contributed by atoms with Crippen molar-refractivity contribution in [3.8, 4) is 6.07 Å². The number of ether oxygens (including phenoxy) is 2. The Balaban J connectivity index is 1.68. The van der Waals surface area contributed by atoms with Crippen LogP contribution in [0.3, 0.4) is 0 Å². The van der Waals surface area contributed by atoms with Crippen molar-refractivity contribution in [2.45, 2.75) is 43.0 Å². The molecule has 0 spiro atoms. The van der Waals surface area contributed by atoms with Gasteiger partial charge in [0.05, 0.1) is 30.6 Å². The Labute approximate surface area is 191 Å². The highest BCUT2D eigenvalue weighted by atomic mass is 16.8. The van der Waals surface area contributed by atoms with Gasteiger partial charge in [0.1, 0.15) is 31.0 Å². The zero-order chi connectivity index (χ0) is 23.8. The van der Waals surface area contributed by atoms with Crippen molar-refractivity contribution in [1.82, 2.24) is 0 Å². The summed E-state index contributed by atoms with van der Waals surface area (Å²) in [6.45, 7) is 1.03. The quantitative estimate of drug-likeness (QED) is 0.366. The van der Waals surface area contributed by atoms with Gasteiger partial charge in [0.15, 0.2) is 0 Å². The van der Waals surface area contributed by atoms with Gasteiger partial charge in [0.2, 0.25) is 5.79 Å². The molecule has 0 amide bonds. The average Bonchev–Trinajstić information content (AvgIpc) is 3.22.